The van der Waals surface area contributed by atoms with Gasteiger partial charge in [0.25, 0.3) is 5.91 Å². The first kappa shape index (κ1) is 15.9. The SMILES string of the molecule is CCOCCN(C)C(=O)c1cccc(/C=C/C(=O)O)c1. The van der Waals surface area contributed by atoms with E-state index < -0.39 is 5.97 Å². The molecule has 0 aliphatic heterocycles. The van der Waals surface area contributed by atoms with Gasteiger partial charge in [-0.1, -0.05) is 12.1 Å². The van der Waals surface area contributed by atoms with Crippen molar-refractivity contribution < 1.29 is 19.4 Å². The average molecular weight is 277 g/mol. The molecule has 0 unspecified atom stereocenters. The quantitative estimate of drug-likeness (QED) is 0.610. The van der Waals surface area contributed by atoms with Gasteiger partial charge in [-0.2, -0.15) is 0 Å². The minimum Gasteiger partial charge on any atom is -0.478 e. The summed E-state index contributed by atoms with van der Waals surface area (Å²) in [5.41, 5.74) is 1.20. The van der Waals surface area contributed by atoms with Gasteiger partial charge in [-0.25, -0.2) is 4.79 Å². The Morgan fingerprint density at radius 3 is 2.80 bits per heavy atom. The van der Waals surface area contributed by atoms with Gasteiger partial charge in [-0.3, -0.25) is 4.79 Å². The molecule has 108 valence electrons. The highest BCUT2D eigenvalue weighted by molar-refractivity contribution is 5.95. The average Bonchev–Trinajstić information content (AvgIpc) is 2.44. The van der Waals surface area contributed by atoms with Crippen LogP contribution in [-0.4, -0.2) is 48.7 Å². The second kappa shape index (κ2) is 8.12. The summed E-state index contributed by atoms with van der Waals surface area (Å²) in [5, 5.41) is 8.59. The van der Waals surface area contributed by atoms with Crippen LogP contribution in [0.3, 0.4) is 0 Å². The number of likely N-dealkylation sites (N-methyl/N-ethyl adjacent to an activating group) is 1. The molecule has 0 spiro atoms. The molecule has 0 saturated carbocycles. The summed E-state index contributed by atoms with van der Waals surface area (Å²) >= 11 is 0. The van der Waals surface area contributed by atoms with Crippen molar-refractivity contribution in [2.45, 2.75) is 6.92 Å². The van der Waals surface area contributed by atoms with E-state index in [4.69, 9.17) is 9.84 Å². The van der Waals surface area contributed by atoms with E-state index in [0.717, 1.165) is 6.08 Å². The fourth-order valence-electron chi connectivity index (χ4n) is 1.61. The number of amides is 1. The molecule has 1 aromatic carbocycles. The number of carboxylic acid groups (broad SMARTS) is 1. The van der Waals surface area contributed by atoms with Crippen LogP contribution in [0.1, 0.15) is 22.8 Å². The maximum absolute atomic E-state index is 12.2. The first-order chi connectivity index (χ1) is 9.54. The minimum absolute atomic E-state index is 0.115. The lowest BCUT2D eigenvalue weighted by Gasteiger charge is -2.17. The molecule has 0 atom stereocenters. The molecule has 0 heterocycles. The molecule has 0 saturated heterocycles. The van der Waals surface area contributed by atoms with E-state index in [2.05, 4.69) is 0 Å². The zero-order valence-electron chi connectivity index (χ0n) is 11.7. The Morgan fingerprint density at radius 1 is 1.40 bits per heavy atom. The summed E-state index contributed by atoms with van der Waals surface area (Å²) in [6.45, 7) is 3.54. The van der Waals surface area contributed by atoms with Crippen LogP contribution in [0.2, 0.25) is 0 Å². The Hall–Kier alpha value is -2.14. The summed E-state index contributed by atoms with van der Waals surface area (Å²) in [4.78, 5) is 24.2. The maximum atomic E-state index is 12.2. The van der Waals surface area contributed by atoms with Crippen LogP contribution in [0, 0.1) is 0 Å². The number of benzene rings is 1. The highest BCUT2D eigenvalue weighted by Crippen LogP contribution is 2.09. The predicted molar refractivity (Wildman–Crippen MR) is 76.6 cm³/mol. The monoisotopic (exact) mass is 277 g/mol. The molecule has 5 heteroatoms. The zero-order valence-corrected chi connectivity index (χ0v) is 11.7. The Balaban J connectivity index is 2.73. The highest BCUT2D eigenvalue weighted by atomic mass is 16.5. The van der Waals surface area contributed by atoms with Gasteiger partial charge in [0.05, 0.1) is 6.61 Å². The molecule has 1 amide bonds. The van der Waals surface area contributed by atoms with Crippen molar-refractivity contribution in [2.24, 2.45) is 0 Å². The molecular weight excluding hydrogens is 258 g/mol. The molecule has 5 nitrogen and oxygen atoms in total. The molecule has 0 fully saturated rings. The third-order valence-corrected chi connectivity index (χ3v) is 2.67. The standard InChI is InChI=1S/C15H19NO4/c1-3-20-10-9-16(2)15(19)13-6-4-5-12(11-13)7-8-14(17)18/h4-8,11H,3,9-10H2,1-2H3,(H,17,18)/b8-7+. The number of carboxylic acids is 1. The third-order valence-electron chi connectivity index (χ3n) is 2.67. The lowest BCUT2D eigenvalue weighted by Crippen LogP contribution is -2.30. The van der Waals surface area contributed by atoms with Crippen molar-refractivity contribution in [3.05, 3.63) is 41.5 Å². The summed E-state index contributed by atoms with van der Waals surface area (Å²) < 4.78 is 5.21. The van der Waals surface area contributed by atoms with E-state index in [1.54, 1.807) is 36.2 Å². The first-order valence-electron chi connectivity index (χ1n) is 6.39. The molecule has 0 aromatic heterocycles. The van der Waals surface area contributed by atoms with Crippen molar-refractivity contribution in [1.82, 2.24) is 4.90 Å². The van der Waals surface area contributed by atoms with Crippen LogP contribution in [-0.2, 0) is 9.53 Å². The van der Waals surface area contributed by atoms with E-state index in [1.165, 1.54) is 6.08 Å². The molecule has 1 rings (SSSR count). The van der Waals surface area contributed by atoms with Crippen LogP contribution in [0.5, 0.6) is 0 Å². The van der Waals surface area contributed by atoms with Gasteiger partial charge in [0, 0.05) is 31.8 Å². The van der Waals surface area contributed by atoms with Crippen molar-refractivity contribution in [2.75, 3.05) is 26.8 Å². The van der Waals surface area contributed by atoms with Gasteiger partial charge in [0.1, 0.15) is 0 Å². The van der Waals surface area contributed by atoms with Gasteiger partial charge in [0.15, 0.2) is 0 Å². The lowest BCUT2D eigenvalue weighted by molar-refractivity contribution is -0.131. The van der Waals surface area contributed by atoms with Crippen LogP contribution < -0.4 is 0 Å². The van der Waals surface area contributed by atoms with Crippen molar-refractivity contribution in [1.29, 1.82) is 0 Å². The van der Waals surface area contributed by atoms with Crippen molar-refractivity contribution >= 4 is 18.0 Å². The summed E-state index contributed by atoms with van der Waals surface area (Å²) in [6, 6.07) is 6.85. The Morgan fingerprint density at radius 2 is 2.15 bits per heavy atom. The number of ether oxygens (including phenoxy) is 1. The van der Waals surface area contributed by atoms with E-state index >= 15 is 0 Å². The lowest BCUT2D eigenvalue weighted by atomic mass is 10.1. The molecule has 20 heavy (non-hydrogen) atoms. The smallest absolute Gasteiger partial charge is 0.328 e. The molecular formula is C15H19NO4. The van der Waals surface area contributed by atoms with Gasteiger partial charge >= 0.3 is 5.97 Å². The number of hydrogen-bond donors (Lipinski definition) is 1. The van der Waals surface area contributed by atoms with Crippen LogP contribution in [0.25, 0.3) is 6.08 Å². The van der Waals surface area contributed by atoms with E-state index in [9.17, 15) is 9.59 Å². The van der Waals surface area contributed by atoms with Crippen molar-refractivity contribution in [3.8, 4) is 0 Å². The fraction of sp³-hybridized carbons (Fsp3) is 0.333. The van der Waals surface area contributed by atoms with Crippen LogP contribution in [0.4, 0.5) is 0 Å². The van der Waals surface area contributed by atoms with E-state index in [0.29, 0.717) is 30.9 Å². The Kier molecular flexibility index (Phi) is 6.46. The summed E-state index contributed by atoms with van der Waals surface area (Å²) in [7, 11) is 1.71. The van der Waals surface area contributed by atoms with Crippen LogP contribution in [0.15, 0.2) is 30.3 Å². The molecule has 1 N–H and O–H groups in total. The number of hydrogen-bond acceptors (Lipinski definition) is 3. The normalized spacial score (nSPS) is 10.7. The minimum atomic E-state index is -1.02. The second-order valence-corrected chi connectivity index (χ2v) is 4.22. The number of nitrogens with zero attached hydrogens (tertiary/aromatic N) is 1. The molecule has 0 aliphatic rings. The number of carbonyl (C=O) groups is 2. The Bertz CT molecular complexity index is 496. The Labute approximate surface area is 118 Å². The van der Waals surface area contributed by atoms with E-state index in [-0.39, 0.29) is 5.91 Å². The van der Waals surface area contributed by atoms with Crippen LogP contribution >= 0.6 is 0 Å². The van der Waals surface area contributed by atoms with E-state index in [1.807, 2.05) is 6.92 Å². The summed E-state index contributed by atoms with van der Waals surface area (Å²) in [5.74, 6) is -1.13. The topological polar surface area (TPSA) is 66.8 Å². The van der Waals surface area contributed by atoms with Crippen molar-refractivity contribution in [3.63, 3.8) is 0 Å². The second-order valence-electron chi connectivity index (χ2n) is 4.22. The number of rotatable bonds is 7. The number of aliphatic carboxylic acids is 1. The summed E-state index contributed by atoms with van der Waals surface area (Å²) in [6.07, 6.45) is 2.50. The van der Waals surface area contributed by atoms with Gasteiger partial charge in [-0.05, 0) is 30.7 Å². The predicted octanol–water partition coefficient (Wildman–Crippen LogP) is 1.89. The molecule has 0 radical (unpaired) electrons. The van der Waals surface area contributed by atoms with Gasteiger partial charge in [0.2, 0.25) is 0 Å². The fourth-order valence-corrected chi connectivity index (χ4v) is 1.61. The van der Waals surface area contributed by atoms with Gasteiger partial charge < -0.3 is 14.7 Å². The molecule has 1 aromatic rings. The maximum Gasteiger partial charge on any atom is 0.328 e. The number of carbonyl (C=O) groups excluding carboxylic acids is 1. The highest BCUT2D eigenvalue weighted by Gasteiger charge is 2.11. The molecule has 0 aliphatic carbocycles. The van der Waals surface area contributed by atoms with Gasteiger partial charge in [-0.15, -0.1) is 0 Å². The first-order valence-corrected chi connectivity index (χ1v) is 6.39. The zero-order chi connectivity index (χ0) is 15.0. The largest absolute Gasteiger partial charge is 0.478 e. The third kappa shape index (κ3) is 5.24. The molecule has 0 bridgehead atoms.